The largest absolute Gasteiger partial charge is 0.352 e. The maximum atomic E-state index is 13.4. The molecule has 0 aromatic heterocycles. The third kappa shape index (κ3) is 6.02. The van der Waals surface area contributed by atoms with E-state index in [1.165, 1.54) is 6.07 Å². The minimum atomic E-state index is -0.216. The average Bonchev–Trinajstić information content (AvgIpc) is 2.47. The lowest BCUT2D eigenvalue weighted by molar-refractivity contribution is -0.121. The van der Waals surface area contributed by atoms with Gasteiger partial charge >= 0.3 is 0 Å². The maximum Gasteiger partial charge on any atom is 0.220 e. The van der Waals surface area contributed by atoms with Crippen LogP contribution in [-0.2, 0) is 11.3 Å². The lowest BCUT2D eigenvalue weighted by Crippen LogP contribution is -2.29. The molecule has 118 valence electrons. The van der Waals surface area contributed by atoms with Crippen molar-refractivity contribution in [2.45, 2.75) is 39.2 Å². The first-order chi connectivity index (χ1) is 9.65. The average molecular weight is 315 g/mol. The van der Waals surface area contributed by atoms with Gasteiger partial charge in [-0.2, -0.15) is 0 Å². The lowest BCUT2D eigenvalue weighted by atomic mass is 9.93. The molecule has 21 heavy (non-hydrogen) atoms. The van der Waals surface area contributed by atoms with Crippen LogP contribution in [0.1, 0.15) is 36.8 Å². The van der Waals surface area contributed by atoms with Crippen molar-refractivity contribution in [1.82, 2.24) is 10.6 Å². The molecule has 1 aliphatic heterocycles. The second-order valence-corrected chi connectivity index (χ2v) is 5.59. The van der Waals surface area contributed by atoms with E-state index in [-0.39, 0.29) is 24.1 Å². The highest BCUT2D eigenvalue weighted by atomic mass is 35.5. The Morgan fingerprint density at radius 1 is 1.38 bits per heavy atom. The van der Waals surface area contributed by atoms with E-state index in [0.717, 1.165) is 37.9 Å². The fourth-order valence-corrected chi connectivity index (χ4v) is 2.54. The van der Waals surface area contributed by atoms with Gasteiger partial charge in [-0.25, -0.2) is 4.39 Å². The Hall–Kier alpha value is -1.13. The van der Waals surface area contributed by atoms with Crippen LogP contribution in [0.15, 0.2) is 18.2 Å². The molecule has 0 radical (unpaired) electrons. The van der Waals surface area contributed by atoms with Gasteiger partial charge < -0.3 is 10.6 Å². The summed E-state index contributed by atoms with van der Waals surface area (Å²) in [5.74, 6) is 0.509. The van der Waals surface area contributed by atoms with E-state index in [1.807, 2.05) is 6.07 Å². The normalized spacial score (nSPS) is 15.3. The second-order valence-electron chi connectivity index (χ2n) is 5.59. The number of aryl methyl sites for hydroxylation is 1. The molecule has 0 atom stereocenters. The molecule has 1 fully saturated rings. The number of carbonyl (C=O) groups is 1. The summed E-state index contributed by atoms with van der Waals surface area (Å²) in [6.07, 6.45) is 3.85. The lowest BCUT2D eigenvalue weighted by Gasteiger charge is -2.22. The Bertz CT molecular complexity index is 462. The molecular formula is C16H24ClFN2O. The number of benzene rings is 1. The number of rotatable bonds is 5. The quantitative estimate of drug-likeness (QED) is 0.877. The van der Waals surface area contributed by atoms with Gasteiger partial charge in [0.2, 0.25) is 5.91 Å². The summed E-state index contributed by atoms with van der Waals surface area (Å²) in [5.41, 5.74) is 1.44. The van der Waals surface area contributed by atoms with Crippen molar-refractivity contribution in [3.8, 4) is 0 Å². The van der Waals surface area contributed by atoms with Crippen molar-refractivity contribution >= 4 is 18.3 Å². The first kappa shape index (κ1) is 17.9. The predicted molar refractivity (Wildman–Crippen MR) is 85.1 cm³/mol. The fourth-order valence-electron chi connectivity index (χ4n) is 2.54. The van der Waals surface area contributed by atoms with Crippen LogP contribution in [0.25, 0.3) is 0 Å². The SMILES string of the molecule is Cc1ccc(CNC(=O)CCC2CCNCC2)cc1F.Cl. The molecular weight excluding hydrogens is 291 g/mol. The van der Waals surface area contributed by atoms with E-state index < -0.39 is 0 Å². The minimum Gasteiger partial charge on any atom is -0.352 e. The summed E-state index contributed by atoms with van der Waals surface area (Å²) in [4.78, 5) is 11.8. The van der Waals surface area contributed by atoms with E-state index in [9.17, 15) is 9.18 Å². The molecule has 0 saturated carbocycles. The van der Waals surface area contributed by atoms with Crippen LogP contribution in [0, 0.1) is 18.7 Å². The molecule has 0 bridgehead atoms. The Labute approximate surface area is 132 Å². The second kappa shape index (κ2) is 9.00. The van der Waals surface area contributed by atoms with Crippen LogP contribution >= 0.6 is 12.4 Å². The van der Waals surface area contributed by atoms with Crippen molar-refractivity contribution in [2.24, 2.45) is 5.92 Å². The van der Waals surface area contributed by atoms with Gasteiger partial charge in [0, 0.05) is 13.0 Å². The summed E-state index contributed by atoms with van der Waals surface area (Å²) < 4.78 is 13.4. The molecule has 1 heterocycles. The molecule has 1 saturated heterocycles. The summed E-state index contributed by atoms with van der Waals surface area (Å²) >= 11 is 0. The van der Waals surface area contributed by atoms with E-state index >= 15 is 0 Å². The van der Waals surface area contributed by atoms with E-state index in [0.29, 0.717) is 24.4 Å². The van der Waals surface area contributed by atoms with Crippen LogP contribution in [0.4, 0.5) is 4.39 Å². The highest BCUT2D eigenvalue weighted by Crippen LogP contribution is 2.17. The summed E-state index contributed by atoms with van der Waals surface area (Å²) in [7, 11) is 0. The standard InChI is InChI=1S/C16H23FN2O.ClH/c1-12-2-3-14(10-15(12)17)11-19-16(20)5-4-13-6-8-18-9-7-13;/h2-3,10,13,18H,4-9,11H2,1H3,(H,19,20);1H. The van der Waals surface area contributed by atoms with Gasteiger partial charge in [-0.3, -0.25) is 4.79 Å². The summed E-state index contributed by atoms with van der Waals surface area (Å²) in [6, 6.07) is 5.08. The molecule has 0 unspecified atom stereocenters. The summed E-state index contributed by atoms with van der Waals surface area (Å²) in [5, 5.41) is 6.19. The molecule has 3 nitrogen and oxygen atoms in total. The molecule has 2 rings (SSSR count). The molecule has 2 N–H and O–H groups in total. The number of hydrogen-bond donors (Lipinski definition) is 2. The number of nitrogens with one attached hydrogen (secondary N) is 2. The third-order valence-corrected chi connectivity index (χ3v) is 3.96. The van der Waals surface area contributed by atoms with E-state index in [4.69, 9.17) is 0 Å². The molecule has 5 heteroatoms. The zero-order valence-corrected chi connectivity index (χ0v) is 13.3. The Morgan fingerprint density at radius 2 is 2.10 bits per heavy atom. The van der Waals surface area contributed by atoms with E-state index in [2.05, 4.69) is 10.6 Å². The topological polar surface area (TPSA) is 41.1 Å². The highest BCUT2D eigenvalue weighted by Gasteiger charge is 2.14. The van der Waals surface area contributed by atoms with Crippen molar-refractivity contribution in [1.29, 1.82) is 0 Å². The Morgan fingerprint density at radius 3 is 2.76 bits per heavy atom. The van der Waals surface area contributed by atoms with Crippen molar-refractivity contribution in [3.05, 3.63) is 35.1 Å². The van der Waals surface area contributed by atoms with Gasteiger partial charge in [0.05, 0.1) is 0 Å². The molecule has 1 amide bonds. The van der Waals surface area contributed by atoms with Crippen LogP contribution in [-0.4, -0.2) is 19.0 Å². The van der Waals surface area contributed by atoms with Crippen LogP contribution in [0.5, 0.6) is 0 Å². The number of amides is 1. The van der Waals surface area contributed by atoms with E-state index in [1.54, 1.807) is 13.0 Å². The molecule has 1 aromatic carbocycles. The van der Waals surface area contributed by atoms with Crippen molar-refractivity contribution in [2.75, 3.05) is 13.1 Å². The van der Waals surface area contributed by atoms with Crippen molar-refractivity contribution < 1.29 is 9.18 Å². The first-order valence-electron chi connectivity index (χ1n) is 7.37. The van der Waals surface area contributed by atoms with Gasteiger partial charge in [0.15, 0.2) is 0 Å². The number of carbonyl (C=O) groups excluding carboxylic acids is 1. The van der Waals surface area contributed by atoms with Crippen LogP contribution in [0.2, 0.25) is 0 Å². The number of hydrogen-bond acceptors (Lipinski definition) is 2. The fraction of sp³-hybridized carbons (Fsp3) is 0.562. The Balaban J connectivity index is 0.00000220. The molecule has 0 spiro atoms. The zero-order valence-electron chi connectivity index (χ0n) is 12.5. The van der Waals surface area contributed by atoms with Gasteiger partial charge in [0.1, 0.15) is 5.82 Å². The minimum absolute atomic E-state index is 0. The van der Waals surface area contributed by atoms with Gasteiger partial charge in [-0.15, -0.1) is 12.4 Å². The van der Waals surface area contributed by atoms with Gasteiger partial charge in [-0.05, 0) is 62.4 Å². The number of halogens is 2. The Kier molecular flexibility index (Phi) is 7.68. The molecule has 1 aromatic rings. The highest BCUT2D eigenvalue weighted by molar-refractivity contribution is 5.85. The molecule has 1 aliphatic rings. The van der Waals surface area contributed by atoms with Gasteiger partial charge in [-0.1, -0.05) is 12.1 Å². The summed E-state index contributed by atoms with van der Waals surface area (Å²) in [6.45, 7) is 4.27. The smallest absolute Gasteiger partial charge is 0.220 e. The van der Waals surface area contributed by atoms with Crippen molar-refractivity contribution in [3.63, 3.8) is 0 Å². The third-order valence-electron chi connectivity index (χ3n) is 3.96. The predicted octanol–water partition coefficient (Wildman–Crippen LogP) is 2.95. The maximum absolute atomic E-state index is 13.4. The number of piperidine rings is 1. The monoisotopic (exact) mass is 314 g/mol. The van der Waals surface area contributed by atoms with Crippen LogP contribution in [0.3, 0.4) is 0 Å². The zero-order chi connectivity index (χ0) is 14.4. The van der Waals surface area contributed by atoms with Gasteiger partial charge in [0.25, 0.3) is 0 Å². The van der Waals surface area contributed by atoms with Crippen LogP contribution < -0.4 is 10.6 Å². The molecule has 0 aliphatic carbocycles. The first-order valence-corrected chi connectivity index (χ1v) is 7.37.